The van der Waals surface area contributed by atoms with Crippen LogP contribution < -0.4 is 0 Å². The van der Waals surface area contributed by atoms with E-state index in [-0.39, 0.29) is 0 Å². The third kappa shape index (κ3) is 4.05. The molecule has 1 N–H and O–H groups in total. The minimum Gasteiger partial charge on any atom is -0.278 e. The normalized spacial score (nSPS) is 9.94. The van der Waals surface area contributed by atoms with E-state index in [1.54, 1.807) is 0 Å². The summed E-state index contributed by atoms with van der Waals surface area (Å²) in [4.78, 5) is 0. The number of nitrogens with zero attached hydrogens (tertiary/aromatic N) is 1. The SMILES string of the molecule is CCCCCC.Cc1ccc2[nH]ncc2c1. The molecule has 2 heteroatoms. The lowest BCUT2D eigenvalue weighted by atomic mass is 10.2. The highest BCUT2D eigenvalue weighted by Crippen LogP contribution is 2.11. The number of H-pyrrole nitrogens is 1. The summed E-state index contributed by atoms with van der Waals surface area (Å²) in [6, 6.07) is 6.22. The smallest absolute Gasteiger partial charge is 0.0650 e. The van der Waals surface area contributed by atoms with Crippen molar-refractivity contribution in [2.75, 3.05) is 0 Å². The van der Waals surface area contributed by atoms with Crippen molar-refractivity contribution in [3.05, 3.63) is 30.0 Å². The first-order valence-corrected chi connectivity index (χ1v) is 6.17. The van der Waals surface area contributed by atoms with Gasteiger partial charge < -0.3 is 0 Å². The summed E-state index contributed by atoms with van der Waals surface area (Å²) in [7, 11) is 0. The first kappa shape index (κ1) is 12.8. The van der Waals surface area contributed by atoms with Crippen LogP contribution in [0.1, 0.15) is 45.1 Å². The van der Waals surface area contributed by atoms with Crippen molar-refractivity contribution in [1.29, 1.82) is 0 Å². The highest BCUT2D eigenvalue weighted by atomic mass is 15.1. The van der Waals surface area contributed by atoms with Gasteiger partial charge in [0.15, 0.2) is 0 Å². The molecule has 1 aromatic carbocycles. The largest absolute Gasteiger partial charge is 0.278 e. The number of nitrogens with one attached hydrogen (secondary N) is 1. The van der Waals surface area contributed by atoms with Gasteiger partial charge in [-0.05, 0) is 19.1 Å². The monoisotopic (exact) mass is 218 g/mol. The number of aryl methyl sites for hydroxylation is 1. The molecule has 1 heterocycles. The van der Waals surface area contributed by atoms with Gasteiger partial charge in [-0.3, -0.25) is 5.10 Å². The molecule has 16 heavy (non-hydrogen) atoms. The molecule has 0 aliphatic heterocycles. The maximum absolute atomic E-state index is 3.92. The van der Waals surface area contributed by atoms with Gasteiger partial charge in [0.2, 0.25) is 0 Å². The summed E-state index contributed by atoms with van der Waals surface area (Å²) in [5.74, 6) is 0. The molecule has 0 bridgehead atoms. The highest BCUT2D eigenvalue weighted by molar-refractivity contribution is 5.78. The molecule has 0 spiro atoms. The predicted octanol–water partition coefficient (Wildman–Crippen LogP) is 4.46. The van der Waals surface area contributed by atoms with Crippen LogP contribution in [0.4, 0.5) is 0 Å². The van der Waals surface area contributed by atoms with E-state index in [0.29, 0.717) is 0 Å². The van der Waals surface area contributed by atoms with Crippen molar-refractivity contribution in [3.63, 3.8) is 0 Å². The molecule has 2 nitrogen and oxygen atoms in total. The molecule has 0 saturated heterocycles. The van der Waals surface area contributed by atoms with Crippen molar-refractivity contribution in [3.8, 4) is 0 Å². The van der Waals surface area contributed by atoms with E-state index < -0.39 is 0 Å². The fraction of sp³-hybridized carbons (Fsp3) is 0.500. The second-order valence-electron chi connectivity index (χ2n) is 4.17. The Morgan fingerprint density at radius 3 is 2.44 bits per heavy atom. The molecular weight excluding hydrogens is 196 g/mol. The molecule has 0 amide bonds. The number of rotatable bonds is 3. The van der Waals surface area contributed by atoms with Crippen LogP contribution in [0.25, 0.3) is 10.9 Å². The zero-order valence-corrected chi connectivity index (χ0v) is 10.6. The Morgan fingerprint density at radius 1 is 1.12 bits per heavy atom. The summed E-state index contributed by atoms with van der Waals surface area (Å²) in [6.45, 7) is 6.54. The van der Waals surface area contributed by atoms with Gasteiger partial charge in [0.25, 0.3) is 0 Å². The van der Waals surface area contributed by atoms with Gasteiger partial charge in [-0.15, -0.1) is 0 Å². The standard InChI is InChI=1S/C8H8N2.C6H14/c1-6-2-3-8-7(4-6)5-9-10-8;1-3-5-6-4-2/h2-5H,1H3,(H,9,10);3-6H2,1-2H3. The van der Waals surface area contributed by atoms with Gasteiger partial charge >= 0.3 is 0 Å². The van der Waals surface area contributed by atoms with Gasteiger partial charge in [0.05, 0.1) is 11.7 Å². The van der Waals surface area contributed by atoms with Gasteiger partial charge in [0, 0.05) is 5.39 Å². The molecule has 0 atom stereocenters. The van der Waals surface area contributed by atoms with Gasteiger partial charge in [-0.1, -0.05) is 51.2 Å². The first-order valence-electron chi connectivity index (χ1n) is 6.17. The van der Waals surface area contributed by atoms with Crippen LogP contribution in [0.15, 0.2) is 24.4 Å². The Morgan fingerprint density at radius 2 is 1.81 bits per heavy atom. The van der Waals surface area contributed by atoms with Gasteiger partial charge in [0.1, 0.15) is 0 Å². The lowest BCUT2D eigenvalue weighted by molar-refractivity contribution is 0.702. The van der Waals surface area contributed by atoms with Crippen LogP contribution >= 0.6 is 0 Å². The van der Waals surface area contributed by atoms with Crippen molar-refractivity contribution in [2.45, 2.75) is 46.5 Å². The molecule has 0 saturated carbocycles. The molecule has 2 rings (SSSR count). The molecule has 0 fully saturated rings. The second-order valence-corrected chi connectivity index (χ2v) is 4.17. The minimum atomic E-state index is 1.10. The number of benzene rings is 1. The van der Waals surface area contributed by atoms with Crippen molar-refractivity contribution < 1.29 is 0 Å². The Labute approximate surface area is 98.1 Å². The zero-order chi connectivity index (χ0) is 11.8. The quantitative estimate of drug-likeness (QED) is 0.757. The topological polar surface area (TPSA) is 28.7 Å². The van der Waals surface area contributed by atoms with E-state index in [9.17, 15) is 0 Å². The van der Waals surface area contributed by atoms with Crippen LogP contribution in [0.3, 0.4) is 0 Å². The van der Waals surface area contributed by atoms with Crippen molar-refractivity contribution in [1.82, 2.24) is 10.2 Å². The maximum Gasteiger partial charge on any atom is 0.0650 e. The fourth-order valence-corrected chi connectivity index (χ4v) is 1.56. The van der Waals surface area contributed by atoms with Crippen LogP contribution in [-0.4, -0.2) is 10.2 Å². The average molecular weight is 218 g/mol. The summed E-state index contributed by atoms with van der Waals surface area (Å²) < 4.78 is 0. The number of unbranched alkanes of at least 4 members (excludes halogenated alkanes) is 3. The van der Waals surface area contributed by atoms with Crippen LogP contribution in [0, 0.1) is 6.92 Å². The summed E-state index contributed by atoms with van der Waals surface area (Å²) in [5, 5.41) is 7.99. The van der Waals surface area contributed by atoms with Crippen LogP contribution in [0.2, 0.25) is 0 Å². The molecule has 88 valence electrons. The van der Waals surface area contributed by atoms with Gasteiger partial charge in [-0.2, -0.15) is 5.10 Å². The molecule has 0 aliphatic carbocycles. The molecule has 0 radical (unpaired) electrons. The Kier molecular flexibility index (Phi) is 5.62. The van der Waals surface area contributed by atoms with Crippen molar-refractivity contribution >= 4 is 10.9 Å². The lowest BCUT2D eigenvalue weighted by Crippen LogP contribution is -1.70. The van der Waals surface area contributed by atoms with Crippen LogP contribution in [-0.2, 0) is 0 Å². The predicted molar refractivity (Wildman–Crippen MR) is 70.6 cm³/mol. The summed E-state index contributed by atoms with van der Waals surface area (Å²) in [6.07, 6.45) is 7.37. The second kappa shape index (κ2) is 7.04. The molecule has 2 aromatic rings. The van der Waals surface area contributed by atoms with E-state index in [2.05, 4.69) is 43.1 Å². The number of fused-ring (bicyclic) bond motifs is 1. The van der Waals surface area contributed by atoms with E-state index in [0.717, 1.165) is 5.52 Å². The summed E-state index contributed by atoms with van der Waals surface area (Å²) in [5.41, 5.74) is 2.37. The fourth-order valence-electron chi connectivity index (χ4n) is 1.56. The number of aromatic nitrogens is 2. The summed E-state index contributed by atoms with van der Waals surface area (Å²) >= 11 is 0. The highest BCUT2D eigenvalue weighted by Gasteiger charge is 1.92. The average Bonchev–Trinajstić information content (AvgIpc) is 2.74. The molecule has 0 unspecified atom stereocenters. The Hall–Kier alpha value is -1.31. The van der Waals surface area contributed by atoms with Crippen molar-refractivity contribution in [2.24, 2.45) is 0 Å². The van der Waals surface area contributed by atoms with E-state index in [4.69, 9.17) is 0 Å². The third-order valence-corrected chi connectivity index (χ3v) is 2.55. The Balaban J connectivity index is 0.000000187. The number of aromatic amines is 1. The Bertz CT molecular complexity index is 400. The number of hydrogen-bond donors (Lipinski definition) is 1. The zero-order valence-electron chi connectivity index (χ0n) is 10.6. The molecular formula is C14H22N2. The molecule has 1 aromatic heterocycles. The van der Waals surface area contributed by atoms with E-state index >= 15 is 0 Å². The number of hydrogen-bond acceptors (Lipinski definition) is 1. The van der Waals surface area contributed by atoms with E-state index in [1.807, 2.05) is 12.3 Å². The minimum absolute atomic E-state index is 1.10. The van der Waals surface area contributed by atoms with E-state index in [1.165, 1.54) is 36.6 Å². The van der Waals surface area contributed by atoms with Crippen LogP contribution in [0.5, 0.6) is 0 Å². The maximum atomic E-state index is 3.92. The third-order valence-electron chi connectivity index (χ3n) is 2.55. The van der Waals surface area contributed by atoms with Gasteiger partial charge in [-0.25, -0.2) is 0 Å². The first-order chi connectivity index (χ1) is 7.77. The lowest BCUT2D eigenvalue weighted by Gasteiger charge is -1.89. The molecule has 0 aliphatic rings.